The predicted octanol–water partition coefficient (Wildman–Crippen LogP) is 1.68. The van der Waals surface area contributed by atoms with Crippen LogP contribution >= 0.6 is 0 Å². The quantitative estimate of drug-likeness (QED) is 0.358. The lowest BCUT2D eigenvalue weighted by molar-refractivity contribution is -0.145. The van der Waals surface area contributed by atoms with Crippen LogP contribution in [0.15, 0.2) is 30.3 Å². The van der Waals surface area contributed by atoms with Crippen LogP contribution in [0.25, 0.3) is 0 Å². The number of carbonyl (C=O) groups is 3. The summed E-state index contributed by atoms with van der Waals surface area (Å²) in [6, 6.07) is 8.58. The average molecular weight is 378 g/mol. The van der Waals surface area contributed by atoms with Crippen LogP contribution < -0.4 is 10.6 Å². The highest BCUT2D eigenvalue weighted by molar-refractivity contribution is 5.87. The van der Waals surface area contributed by atoms with E-state index >= 15 is 0 Å². The maximum absolute atomic E-state index is 12.2. The van der Waals surface area contributed by atoms with Crippen molar-refractivity contribution in [1.29, 1.82) is 0 Å². The van der Waals surface area contributed by atoms with Crippen LogP contribution in [0.2, 0.25) is 0 Å². The third-order valence-electron chi connectivity index (χ3n) is 3.96. The van der Waals surface area contributed by atoms with Crippen molar-refractivity contribution in [2.45, 2.75) is 58.1 Å². The smallest absolute Gasteiger partial charge is 0.306 e. The fourth-order valence-electron chi connectivity index (χ4n) is 2.51. The molecule has 150 valence electrons. The van der Waals surface area contributed by atoms with E-state index in [-0.39, 0.29) is 37.9 Å². The first kappa shape index (κ1) is 22.6. The van der Waals surface area contributed by atoms with E-state index in [1.54, 1.807) is 0 Å². The molecule has 0 fully saturated rings. The zero-order valence-corrected chi connectivity index (χ0v) is 15.9. The average Bonchev–Trinajstić information content (AvgIpc) is 2.66. The number of hydrogen-bond donors (Lipinski definition) is 3. The molecule has 7 nitrogen and oxygen atoms in total. The summed E-state index contributed by atoms with van der Waals surface area (Å²) >= 11 is 0. The lowest BCUT2D eigenvalue weighted by atomic mass is 10.1. The Kier molecular flexibility index (Phi) is 11.5. The van der Waals surface area contributed by atoms with E-state index in [4.69, 9.17) is 9.84 Å². The molecule has 1 aromatic carbocycles. The Morgan fingerprint density at radius 2 is 1.78 bits per heavy atom. The van der Waals surface area contributed by atoms with Crippen LogP contribution in [0.1, 0.15) is 51.0 Å². The molecular formula is C20H30N2O5. The highest BCUT2D eigenvalue weighted by Gasteiger charge is 2.20. The molecule has 2 amide bonds. The van der Waals surface area contributed by atoms with Crippen molar-refractivity contribution in [2.75, 3.05) is 13.2 Å². The number of benzene rings is 1. The van der Waals surface area contributed by atoms with Gasteiger partial charge in [0.05, 0.1) is 0 Å². The maximum Gasteiger partial charge on any atom is 0.306 e. The lowest BCUT2D eigenvalue weighted by Crippen LogP contribution is -2.46. The fraction of sp³-hybridized carbons (Fsp3) is 0.550. The molecule has 0 aliphatic carbocycles. The van der Waals surface area contributed by atoms with Gasteiger partial charge in [-0.3, -0.25) is 14.4 Å². The van der Waals surface area contributed by atoms with Gasteiger partial charge in [-0.15, -0.1) is 0 Å². The Morgan fingerprint density at radius 3 is 2.44 bits per heavy atom. The number of hydrogen-bond acceptors (Lipinski definition) is 5. The largest absolute Gasteiger partial charge is 0.461 e. The van der Waals surface area contributed by atoms with Crippen LogP contribution in [-0.4, -0.2) is 42.1 Å². The van der Waals surface area contributed by atoms with E-state index in [0.29, 0.717) is 6.54 Å². The minimum Gasteiger partial charge on any atom is -0.461 e. The van der Waals surface area contributed by atoms with Crippen LogP contribution in [0.5, 0.6) is 0 Å². The van der Waals surface area contributed by atoms with Crippen molar-refractivity contribution in [3.05, 3.63) is 35.9 Å². The number of carbonyl (C=O) groups excluding carboxylic acids is 3. The number of nitrogens with one attached hydrogen (secondary N) is 2. The first-order valence-corrected chi connectivity index (χ1v) is 9.38. The van der Waals surface area contributed by atoms with E-state index in [0.717, 1.165) is 31.2 Å². The van der Waals surface area contributed by atoms with Gasteiger partial charge in [-0.25, -0.2) is 0 Å². The van der Waals surface area contributed by atoms with Gasteiger partial charge < -0.3 is 20.5 Å². The molecule has 0 radical (unpaired) electrons. The van der Waals surface area contributed by atoms with E-state index in [1.807, 2.05) is 30.3 Å². The summed E-state index contributed by atoms with van der Waals surface area (Å²) in [4.78, 5) is 35.5. The molecule has 0 saturated carbocycles. The van der Waals surface area contributed by atoms with Gasteiger partial charge in [0.2, 0.25) is 11.8 Å². The second kappa shape index (κ2) is 13.7. The SMILES string of the molecule is CC(=O)N[C@@H](CCC(=O)OCc1ccccc1)C(=O)NCCCCCCO. The maximum atomic E-state index is 12.2. The second-order valence-corrected chi connectivity index (χ2v) is 6.37. The molecule has 0 heterocycles. The summed E-state index contributed by atoms with van der Waals surface area (Å²) in [5.41, 5.74) is 0.892. The number of esters is 1. The van der Waals surface area contributed by atoms with Gasteiger partial charge in [-0.05, 0) is 24.8 Å². The van der Waals surface area contributed by atoms with E-state index < -0.39 is 12.0 Å². The summed E-state index contributed by atoms with van der Waals surface area (Å²) in [5, 5.41) is 14.1. The van der Waals surface area contributed by atoms with Crippen molar-refractivity contribution < 1.29 is 24.2 Å². The molecule has 1 aromatic rings. The first-order chi connectivity index (χ1) is 13.0. The van der Waals surface area contributed by atoms with E-state index in [2.05, 4.69) is 10.6 Å². The van der Waals surface area contributed by atoms with Gasteiger partial charge in [0.1, 0.15) is 12.6 Å². The second-order valence-electron chi connectivity index (χ2n) is 6.37. The summed E-state index contributed by atoms with van der Waals surface area (Å²) in [5.74, 6) is -1.04. The molecule has 3 N–H and O–H groups in total. The van der Waals surface area contributed by atoms with Crippen molar-refractivity contribution >= 4 is 17.8 Å². The highest BCUT2D eigenvalue weighted by atomic mass is 16.5. The molecule has 7 heteroatoms. The molecule has 1 atom stereocenters. The number of aliphatic hydroxyl groups excluding tert-OH is 1. The Balaban J connectivity index is 2.34. The van der Waals surface area contributed by atoms with E-state index in [9.17, 15) is 14.4 Å². The number of rotatable bonds is 13. The highest BCUT2D eigenvalue weighted by Crippen LogP contribution is 2.05. The summed E-state index contributed by atoms with van der Waals surface area (Å²) in [7, 11) is 0. The van der Waals surface area contributed by atoms with Gasteiger partial charge in [0, 0.05) is 26.5 Å². The monoisotopic (exact) mass is 378 g/mol. The minimum atomic E-state index is -0.760. The molecule has 27 heavy (non-hydrogen) atoms. The molecule has 0 aromatic heterocycles. The van der Waals surface area contributed by atoms with Gasteiger partial charge in [0.25, 0.3) is 0 Å². The first-order valence-electron chi connectivity index (χ1n) is 9.38. The summed E-state index contributed by atoms with van der Waals surface area (Å²) in [6.07, 6.45) is 3.61. The minimum absolute atomic E-state index is 0.0434. The summed E-state index contributed by atoms with van der Waals surface area (Å²) in [6.45, 7) is 2.20. The third kappa shape index (κ3) is 11.0. The van der Waals surface area contributed by atoms with Gasteiger partial charge >= 0.3 is 5.97 Å². The Labute approximate surface area is 160 Å². The molecule has 0 spiro atoms. The molecule has 0 aliphatic heterocycles. The van der Waals surface area contributed by atoms with Gasteiger partial charge in [-0.1, -0.05) is 43.2 Å². The van der Waals surface area contributed by atoms with Gasteiger partial charge in [-0.2, -0.15) is 0 Å². The predicted molar refractivity (Wildman–Crippen MR) is 102 cm³/mol. The molecular weight excluding hydrogens is 348 g/mol. The van der Waals surface area contributed by atoms with Crippen LogP contribution in [0.3, 0.4) is 0 Å². The number of amides is 2. The fourth-order valence-corrected chi connectivity index (χ4v) is 2.51. The van der Waals surface area contributed by atoms with Crippen molar-refractivity contribution in [1.82, 2.24) is 10.6 Å². The zero-order valence-electron chi connectivity index (χ0n) is 15.9. The van der Waals surface area contributed by atoms with Crippen LogP contribution in [0, 0.1) is 0 Å². The summed E-state index contributed by atoms with van der Waals surface area (Å²) < 4.78 is 5.20. The van der Waals surface area contributed by atoms with Crippen LogP contribution in [-0.2, 0) is 25.7 Å². The lowest BCUT2D eigenvalue weighted by Gasteiger charge is -2.17. The Bertz CT molecular complexity index is 577. The molecule has 0 bridgehead atoms. The molecule has 0 unspecified atom stereocenters. The van der Waals surface area contributed by atoms with E-state index in [1.165, 1.54) is 6.92 Å². The zero-order chi connectivity index (χ0) is 19.9. The number of unbranched alkanes of at least 4 members (excludes halogenated alkanes) is 3. The Morgan fingerprint density at radius 1 is 1.07 bits per heavy atom. The Hall–Kier alpha value is -2.41. The molecule has 0 aliphatic rings. The topological polar surface area (TPSA) is 105 Å². The number of aliphatic hydroxyl groups is 1. The van der Waals surface area contributed by atoms with Crippen molar-refractivity contribution in [3.8, 4) is 0 Å². The van der Waals surface area contributed by atoms with Crippen molar-refractivity contribution in [3.63, 3.8) is 0 Å². The third-order valence-corrected chi connectivity index (χ3v) is 3.96. The molecule has 1 rings (SSSR count). The normalized spacial score (nSPS) is 11.5. The number of ether oxygens (including phenoxy) is 1. The molecule has 0 saturated heterocycles. The standard InChI is InChI=1S/C20H30N2O5/c1-16(24)22-18(20(26)21-13-7-2-3-8-14-23)11-12-19(25)27-15-17-9-5-4-6-10-17/h4-6,9-10,18,23H,2-3,7-8,11-15H2,1H3,(H,21,26)(H,22,24)/t18-/m0/s1. The van der Waals surface area contributed by atoms with Crippen LogP contribution in [0.4, 0.5) is 0 Å². The van der Waals surface area contributed by atoms with Crippen molar-refractivity contribution in [2.24, 2.45) is 0 Å². The van der Waals surface area contributed by atoms with Gasteiger partial charge in [0.15, 0.2) is 0 Å².